The highest BCUT2D eigenvalue weighted by molar-refractivity contribution is 8.35. The normalized spacial score (nSPS) is 19.0. The van der Waals surface area contributed by atoms with E-state index in [9.17, 15) is 4.79 Å². The van der Waals surface area contributed by atoms with Gasteiger partial charge in [-0.25, -0.2) is 0 Å². The predicted octanol–water partition coefficient (Wildman–Crippen LogP) is 3.20. The summed E-state index contributed by atoms with van der Waals surface area (Å²) in [4.78, 5) is 11.9. The Labute approximate surface area is 117 Å². The highest BCUT2D eigenvalue weighted by Gasteiger charge is 2.11. The zero-order chi connectivity index (χ0) is 11.0. The molecule has 7 heteroatoms. The molecule has 2 aliphatic heterocycles. The van der Waals surface area contributed by atoms with Crippen molar-refractivity contribution in [3.63, 3.8) is 0 Å². The molecule has 0 amide bonds. The molecule has 0 aliphatic carbocycles. The Balaban J connectivity index is 2.20. The fourth-order valence-electron chi connectivity index (χ4n) is 1.11. The first-order valence-corrected chi connectivity index (χ1v) is 9.35. The van der Waals surface area contributed by atoms with E-state index in [1.165, 1.54) is 15.6 Å². The third-order valence-electron chi connectivity index (χ3n) is 1.73. The third kappa shape index (κ3) is 2.21. The lowest BCUT2D eigenvalue weighted by Gasteiger charge is -1.87. The smallest absolute Gasteiger partial charge is 0.252 e. The van der Waals surface area contributed by atoms with Crippen LogP contribution in [0.15, 0.2) is 26.4 Å². The van der Waals surface area contributed by atoms with E-state index in [1.54, 1.807) is 58.4 Å². The van der Waals surface area contributed by atoms with Gasteiger partial charge in [-0.15, -0.1) is 11.3 Å². The van der Waals surface area contributed by atoms with E-state index in [0.29, 0.717) is 0 Å². The van der Waals surface area contributed by atoms with E-state index in [1.807, 2.05) is 10.8 Å². The summed E-state index contributed by atoms with van der Waals surface area (Å²) in [5.74, 6) is 0. The van der Waals surface area contributed by atoms with Crippen molar-refractivity contribution in [2.24, 2.45) is 0 Å². The van der Waals surface area contributed by atoms with Crippen LogP contribution in [0.25, 0.3) is 8.47 Å². The van der Waals surface area contributed by atoms with Crippen molar-refractivity contribution in [1.82, 2.24) is 0 Å². The van der Waals surface area contributed by atoms with Crippen molar-refractivity contribution >= 4 is 78.2 Å². The van der Waals surface area contributed by atoms with Crippen LogP contribution in [0, 0.1) is 0 Å². The molecule has 3 heterocycles. The maximum absolute atomic E-state index is 11.9. The largest absolute Gasteiger partial charge is 0.276 e. The van der Waals surface area contributed by atoms with Gasteiger partial charge in [-0.3, -0.25) is 4.79 Å². The van der Waals surface area contributed by atoms with Gasteiger partial charge in [-0.2, -0.15) is 0 Å². The molecule has 0 saturated heterocycles. The van der Waals surface area contributed by atoms with Gasteiger partial charge < -0.3 is 0 Å². The van der Waals surface area contributed by atoms with Crippen LogP contribution < -0.4 is 13.1 Å². The topological polar surface area (TPSA) is 17.1 Å². The Bertz CT molecular complexity index is 626. The SMILES string of the molecule is O=c1sc(=C2SC=CS2)sc1=C1SC=CS1. The first-order chi connectivity index (χ1) is 7.84. The molecule has 1 nitrogen and oxygen atoms in total. The zero-order valence-corrected chi connectivity index (χ0v) is 12.6. The lowest BCUT2D eigenvalue weighted by atomic mass is 10.9. The minimum absolute atomic E-state index is 0.194. The quantitative estimate of drug-likeness (QED) is 0.728. The van der Waals surface area contributed by atoms with Crippen LogP contribution in [-0.2, 0) is 0 Å². The van der Waals surface area contributed by atoms with Gasteiger partial charge in [0.15, 0.2) is 0 Å². The predicted molar refractivity (Wildman–Crippen MR) is 83.2 cm³/mol. The lowest BCUT2D eigenvalue weighted by molar-refractivity contribution is 1.86. The molecule has 1 aromatic heterocycles. The number of hydrogen-bond donors (Lipinski definition) is 0. The first kappa shape index (κ1) is 11.6. The van der Waals surface area contributed by atoms with E-state index in [-0.39, 0.29) is 4.74 Å². The Morgan fingerprint density at radius 3 is 1.94 bits per heavy atom. The maximum atomic E-state index is 11.9. The van der Waals surface area contributed by atoms with Crippen molar-refractivity contribution in [1.29, 1.82) is 0 Å². The summed E-state index contributed by atoms with van der Waals surface area (Å²) in [5.41, 5.74) is 0. The van der Waals surface area contributed by atoms with Crippen LogP contribution in [0.3, 0.4) is 0 Å². The molecule has 0 N–H and O–H groups in total. The third-order valence-corrected chi connectivity index (χ3v) is 9.16. The van der Waals surface area contributed by atoms with Gasteiger partial charge in [0.1, 0.15) is 8.38 Å². The maximum Gasteiger partial charge on any atom is 0.252 e. The molecule has 0 unspecified atom stereocenters. The van der Waals surface area contributed by atoms with Crippen LogP contribution in [-0.4, -0.2) is 0 Å². The van der Waals surface area contributed by atoms with Gasteiger partial charge in [0, 0.05) is 0 Å². The molecular formula is C9H4OS6. The molecule has 16 heavy (non-hydrogen) atoms. The molecule has 0 radical (unpaired) electrons. The fourth-order valence-corrected chi connectivity index (χ4v) is 7.72. The van der Waals surface area contributed by atoms with Gasteiger partial charge in [0.2, 0.25) is 0 Å². The highest BCUT2D eigenvalue weighted by atomic mass is 32.2. The molecule has 1 aromatic rings. The van der Waals surface area contributed by atoms with Crippen molar-refractivity contribution < 1.29 is 0 Å². The van der Waals surface area contributed by atoms with E-state index >= 15 is 0 Å². The van der Waals surface area contributed by atoms with Gasteiger partial charge in [-0.05, 0) is 21.6 Å². The Kier molecular flexibility index (Phi) is 3.61. The molecule has 0 bridgehead atoms. The Morgan fingerprint density at radius 2 is 1.31 bits per heavy atom. The minimum Gasteiger partial charge on any atom is -0.276 e. The summed E-state index contributed by atoms with van der Waals surface area (Å²) in [7, 11) is 0. The summed E-state index contributed by atoms with van der Waals surface area (Å²) in [6.07, 6.45) is 0. The second kappa shape index (κ2) is 4.99. The monoisotopic (exact) mass is 320 g/mol. The molecule has 0 atom stereocenters. The molecule has 0 fully saturated rings. The van der Waals surface area contributed by atoms with Crippen molar-refractivity contribution in [2.45, 2.75) is 0 Å². The summed E-state index contributed by atoms with van der Waals surface area (Å²) in [6, 6.07) is 0. The van der Waals surface area contributed by atoms with Crippen LogP contribution in [0.4, 0.5) is 0 Å². The summed E-state index contributed by atoms with van der Waals surface area (Å²) in [5, 5.41) is 8.17. The highest BCUT2D eigenvalue weighted by Crippen LogP contribution is 2.39. The molecular weight excluding hydrogens is 317 g/mol. The van der Waals surface area contributed by atoms with Crippen LogP contribution in [0.2, 0.25) is 0 Å². The first-order valence-electron chi connectivity index (χ1n) is 4.20. The van der Waals surface area contributed by atoms with Crippen molar-refractivity contribution in [3.05, 3.63) is 39.5 Å². The minimum atomic E-state index is 0.194. The standard InChI is InChI=1S/C9H4OS6/c10-6-5(7-11-1-2-12-7)15-9(16-6)8-13-3-4-14-8/h1-4H. The number of thioether (sulfide) groups is 4. The lowest BCUT2D eigenvalue weighted by Crippen LogP contribution is -2.14. The summed E-state index contributed by atoms with van der Waals surface area (Å²) in [6.45, 7) is 0. The molecule has 3 rings (SSSR count). The average molecular weight is 321 g/mol. The van der Waals surface area contributed by atoms with E-state index in [0.717, 1.165) is 12.6 Å². The Hall–Kier alpha value is 0.470. The Morgan fingerprint density at radius 1 is 0.750 bits per heavy atom. The second-order valence-electron chi connectivity index (χ2n) is 2.70. The molecule has 0 spiro atoms. The molecule has 0 aromatic carbocycles. The number of hydrogen-bond acceptors (Lipinski definition) is 7. The van der Waals surface area contributed by atoms with E-state index in [4.69, 9.17) is 0 Å². The van der Waals surface area contributed by atoms with E-state index < -0.39 is 0 Å². The summed E-state index contributed by atoms with van der Waals surface area (Å²) < 4.78 is 4.60. The van der Waals surface area contributed by atoms with Gasteiger partial charge in [0.05, 0.1) is 8.47 Å². The fraction of sp³-hybridized carbons (Fsp3) is 0. The average Bonchev–Trinajstić information content (AvgIpc) is 2.97. The van der Waals surface area contributed by atoms with Crippen molar-refractivity contribution in [3.8, 4) is 0 Å². The number of rotatable bonds is 0. The van der Waals surface area contributed by atoms with Gasteiger partial charge in [0.25, 0.3) is 4.74 Å². The van der Waals surface area contributed by atoms with Crippen molar-refractivity contribution in [2.75, 3.05) is 0 Å². The van der Waals surface area contributed by atoms with E-state index in [2.05, 4.69) is 10.8 Å². The zero-order valence-electron chi connectivity index (χ0n) is 7.67. The van der Waals surface area contributed by atoms with Crippen LogP contribution in [0.1, 0.15) is 0 Å². The second-order valence-corrected chi connectivity index (χ2v) is 9.14. The van der Waals surface area contributed by atoms with Gasteiger partial charge >= 0.3 is 0 Å². The van der Waals surface area contributed by atoms with Gasteiger partial charge in [-0.1, -0.05) is 58.4 Å². The summed E-state index contributed by atoms with van der Waals surface area (Å²) >= 11 is 9.68. The van der Waals surface area contributed by atoms with Crippen LogP contribution >= 0.6 is 69.7 Å². The molecule has 2 aliphatic rings. The molecule has 0 saturated carbocycles. The van der Waals surface area contributed by atoms with Crippen LogP contribution in [0.5, 0.6) is 0 Å². The molecule has 82 valence electrons.